The normalized spacial score (nSPS) is 9.33. The van der Waals surface area contributed by atoms with Crippen LogP contribution in [0.2, 0.25) is 13.1 Å². The van der Waals surface area contributed by atoms with Crippen LogP contribution in [0, 0.1) is 0 Å². The molecule has 0 atom stereocenters. The topological polar surface area (TPSA) is 0 Å². The molecule has 35 valence electrons. The number of alkyl halides is 2. The van der Waals surface area contributed by atoms with Gasteiger partial charge in [-0.25, -0.2) is 8.78 Å². The Morgan fingerprint density at radius 2 is 2.17 bits per heavy atom. The molecule has 0 aliphatic carbocycles. The van der Waals surface area contributed by atoms with Crippen molar-refractivity contribution in [1.29, 1.82) is 0 Å². The molecule has 0 N–H and O–H groups in total. The largest absolute Gasteiger partial charge is 0.231 e. The molecule has 0 spiro atoms. The van der Waals surface area contributed by atoms with Gasteiger partial charge in [0.05, 0.1) is 0 Å². The number of halogens is 2. The fourth-order valence-electron chi connectivity index (χ4n) is 0.178. The molecule has 0 bridgehead atoms. The van der Waals surface area contributed by atoms with E-state index in [1.54, 1.807) is 6.82 Å². The maximum Gasteiger partial charge on any atom is 0.231 e. The molecule has 3 heteroatoms. The smallest absolute Gasteiger partial charge is 0.211 e. The Hall–Kier alpha value is -0.0751. The van der Waals surface area contributed by atoms with Gasteiger partial charge in [-0.05, 0) is 6.32 Å². The third kappa shape index (κ3) is 3.92. The second-order valence-electron chi connectivity index (χ2n) is 1.04. The Kier molecular flexibility index (Phi) is 3.09. The van der Waals surface area contributed by atoms with Crippen molar-refractivity contribution in [2.75, 3.05) is 0 Å². The third-order valence-electron chi connectivity index (χ3n) is 0.414. The molecule has 0 aliphatic heterocycles. The van der Waals surface area contributed by atoms with Crippen LogP contribution in [0.4, 0.5) is 8.78 Å². The molecule has 0 unspecified atom stereocenters. The molecule has 0 heterocycles. The summed E-state index contributed by atoms with van der Waals surface area (Å²) in [5.41, 5.74) is 0. The molecule has 1 radical (unpaired) electrons. The van der Waals surface area contributed by atoms with Crippen molar-refractivity contribution < 1.29 is 8.78 Å². The highest BCUT2D eigenvalue weighted by atomic mass is 19.3. The van der Waals surface area contributed by atoms with Gasteiger partial charge in [0.1, 0.15) is 7.28 Å². The Balaban J connectivity index is 2.63. The Morgan fingerprint density at radius 3 is 2.17 bits per heavy atom. The maximum atomic E-state index is 11.0. The minimum Gasteiger partial charge on any atom is -0.211 e. The van der Waals surface area contributed by atoms with Crippen molar-refractivity contribution in [2.24, 2.45) is 0 Å². The first-order valence-electron chi connectivity index (χ1n) is 1.83. The van der Waals surface area contributed by atoms with Gasteiger partial charge in [-0.2, -0.15) is 0 Å². The SMILES string of the molecule is C[B]CC(F)F. The highest BCUT2D eigenvalue weighted by molar-refractivity contribution is 6.33. The molecule has 0 aromatic rings. The summed E-state index contributed by atoms with van der Waals surface area (Å²) in [5.74, 6) is 0. The zero-order chi connectivity index (χ0) is 4.99. The molecular formula is C3H6BF2. The first-order chi connectivity index (χ1) is 2.77. The van der Waals surface area contributed by atoms with Crippen LogP contribution < -0.4 is 0 Å². The summed E-state index contributed by atoms with van der Waals surface area (Å²) in [6, 6.07) is 0. The van der Waals surface area contributed by atoms with Gasteiger partial charge in [-0.15, -0.1) is 0 Å². The van der Waals surface area contributed by atoms with Crippen molar-refractivity contribution in [3.05, 3.63) is 0 Å². The monoisotopic (exact) mass is 91.1 g/mol. The quantitative estimate of drug-likeness (QED) is 0.450. The zero-order valence-electron chi connectivity index (χ0n) is 3.62. The van der Waals surface area contributed by atoms with E-state index in [1.165, 1.54) is 7.28 Å². The number of hydrogen-bond acceptors (Lipinski definition) is 0. The van der Waals surface area contributed by atoms with E-state index in [1.807, 2.05) is 0 Å². The van der Waals surface area contributed by atoms with E-state index in [0.717, 1.165) is 0 Å². The first kappa shape index (κ1) is 5.92. The lowest BCUT2D eigenvalue weighted by atomic mass is 9.78. The molecule has 0 aliphatic rings. The maximum absolute atomic E-state index is 11.0. The van der Waals surface area contributed by atoms with Gasteiger partial charge < -0.3 is 0 Å². The number of rotatable bonds is 2. The van der Waals surface area contributed by atoms with Crippen molar-refractivity contribution in [2.45, 2.75) is 19.6 Å². The number of hydrogen-bond donors (Lipinski definition) is 0. The van der Waals surface area contributed by atoms with Crippen LogP contribution in [-0.4, -0.2) is 13.7 Å². The average Bonchev–Trinajstić information content (AvgIpc) is 1.35. The van der Waals surface area contributed by atoms with Crippen LogP contribution in [0.5, 0.6) is 0 Å². The summed E-state index contributed by atoms with van der Waals surface area (Å²) in [7, 11) is 1.45. The lowest BCUT2D eigenvalue weighted by Gasteiger charge is -1.86. The van der Waals surface area contributed by atoms with E-state index < -0.39 is 6.43 Å². The minimum atomic E-state index is -2.16. The van der Waals surface area contributed by atoms with Crippen LogP contribution in [-0.2, 0) is 0 Å². The van der Waals surface area contributed by atoms with E-state index in [0.29, 0.717) is 0 Å². The van der Waals surface area contributed by atoms with E-state index in [9.17, 15) is 8.78 Å². The van der Waals surface area contributed by atoms with Gasteiger partial charge in [0, 0.05) is 0 Å². The van der Waals surface area contributed by atoms with Gasteiger partial charge in [-0.3, -0.25) is 0 Å². The van der Waals surface area contributed by atoms with Gasteiger partial charge >= 0.3 is 0 Å². The predicted molar refractivity (Wildman–Crippen MR) is 22.4 cm³/mol. The summed E-state index contributed by atoms with van der Waals surface area (Å²) in [6.45, 7) is 1.62. The van der Waals surface area contributed by atoms with E-state index in [-0.39, 0.29) is 6.32 Å². The predicted octanol–water partition coefficient (Wildman–Crippen LogP) is 1.42. The lowest BCUT2D eigenvalue weighted by molar-refractivity contribution is 0.171. The summed E-state index contributed by atoms with van der Waals surface area (Å²) in [5, 5.41) is 0. The van der Waals surface area contributed by atoms with Crippen LogP contribution >= 0.6 is 0 Å². The Bertz CT molecular complexity index is 30.0. The van der Waals surface area contributed by atoms with Crippen molar-refractivity contribution >= 4 is 7.28 Å². The fourth-order valence-corrected chi connectivity index (χ4v) is 0.178. The van der Waals surface area contributed by atoms with Crippen LogP contribution in [0.3, 0.4) is 0 Å². The molecule has 0 aromatic carbocycles. The van der Waals surface area contributed by atoms with Crippen molar-refractivity contribution in [3.63, 3.8) is 0 Å². The van der Waals surface area contributed by atoms with Gasteiger partial charge in [-0.1, -0.05) is 6.82 Å². The molecule has 0 saturated heterocycles. The molecule has 0 rings (SSSR count). The van der Waals surface area contributed by atoms with Crippen LogP contribution in [0.25, 0.3) is 0 Å². The summed E-state index contributed by atoms with van der Waals surface area (Å²) < 4.78 is 22.0. The van der Waals surface area contributed by atoms with E-state index >= 15 is 0 Å². The molecule has 0 amide bonds. The molecule has 0 nitrogen and oxygen atoms in total. The van der Waals surface area contributed by atoms with Crippen molar-refractivity contribution in [3.8, 4) is 0 Å². The van der Waals surface area contributed by atoms with E-state index in [2.05, 4.69) is 0 Å². The lowest BCUT2D eigenvalue weighted by Crippen LogP contribution is -1.91. The van der Waals surface area contributed by atoms with Gasteiger partial charge in [0.2, 0.25) is 6.43 Å². The van der Waals surface area contributed by atoms with Crippen molar-refractivity contribution in [1.82, 2.24) is 0 Å². The molecule has 0 aromatic heterocycles. The van der Waals surface area contributed by atoms with E-state index in [4.69, 9.17) is 0 Å². The molecular weight excluding hydrogens is 84.8 g/mol. The van der Waals surface area contributed by atoms with Gasteiger partial charge in [0.25, 0.3) is 0 Å². The Morgan fingerprint density at radius 1 is 1.67 bits per heavy atom. The van der Waals surface area contributed by atoms with Gasteiger partial charge in [0.15, 0.2) is 0 Å². The molecule has 0 fully saturated rings. The fraction of sp³-hybridized carbons (Fsp3) is 1.00. The second kappa shape index (κ2) is 3.13. The molecule has 6 heavy (non-hydrogen) atoms. The summed E-state index contributed by atoms with van der Waals surface area (Å²) >= 11 is 0. The summed E-state index contributed by atoms with van der Waals surface area (Å²) in [6.07, 6.45) is -2.24. The highest BCUT2D eigenvalue weighted by Gasteiger charge is 1.96. The minimum absolute atomic E-state index is 0.0833. The standard InChI is InChI=1S/C3H6BF2/c1-4-2-3(5)6/h3H,2H2,1H3. The summed E-state index contributed by atoms with van der Waals surface area (Å²) in [4.78, 5) is 0. The Labute approximate surface area is 36.8 Å². The molecule has 0 saturated carbocycles. The third-order valence-corrected chi connectivity index (χ3v) is 0.414. The average molecular weight is 90.9 g/mol. The van der Waals surface area contributed by atoms with Crippen LogP contribution in [0.1, 0.15) is 0 Å². The second-order valence-corrected chi connectivity index (χ2v) is 1.04. The zero-order valence-corrected chi connectivity index (χ0v) is 3.62. The highest BCUT2D eigenvalue weighted by Crippen LogP contribution is 1.96. The first-order valence-corrected chi connectivity index (χ1v) is 1.83. The van der Waals surface area contributed by atoms with Crippen LogP contribution in [0.15, 0.2) is 0 Å².